The van der Waals surface area contributed by atoms with Crippen LogP contribution >= 0.6 is 11.3 Å². The molecule has 2 aromatic heterocycles. The van der Waals surface area contributed by atoms with Crippen molar-refractivity contribution in [3.05, 3.63) is 17.3 Å². The molecule has 4 rings (SSSR count). The lowest BCUT2D eigenvalue weighted by molar-refractivity contribution is -0.138. The minimum absolute atomic E-state index is 0.0343. The molecular weight excluding hydrogens is 336 g/mol. The van der Waals surface area contributed by atoms with Gasteiger partial charge in [0.1, 0.15) is 12.1 Å². The van der Waals surface area contributed by atoms with Gasteiger partial charge in [0.25, 0.3) is 0 Å². The number of fused-ring (bicyclic) bond motifs is 1. The zero-order chi connectivity index (χ0) is 17.4. The Bertz CT molecular complexity index is 792. The number of aryl methyl sites for hydroxylation is 1. The summed E-state index contributed by atoms with van der Waals surface area (Å²) in [7, 11) is 0. The number of aliphatic hydroxyl groups is 1. The summed E-state index contributed by atoms with van der Waals surface area (Å²) in [6.45, 7) is 5.24. The molecule has 0 aliphatic carbocycles. The summed E-state index contributed by atoms with van der Waals surface area (Å²) in [6.07, 6.45) is 5.43. The number of piperidine rings is 2. The first-order chi connectivity index (χ1) is 12.1. The van der Waals surface area contributed by atoms with E-state index in [-0.39, 0.29) is 17.9 Å². The highest BCUT2D eigenvalue weighted by Gasteiger charge is 2.42. The van der Waals surface area contributed by atoms with Crippen LogP contribution in [0.5, 0.6) is 0 Å². The molecule has 0 bridgehead atoms. The van der Waals surface area contributed by atoms with Crippen LogP contribution in [-0.4, -0.2) is 58.7 Å². The summed E-state index contributed by atoms with van der Waals surface area (Å²) in [4.78, 5) is 25.4. The highest BCUT2D eigenvalue weighted by atomic mass is 32.1. The Hall–Kier alpha value is -1.73. The van der Waals surface area contributed by atoms with E-state index >= 15 is 0 Å². The fourth-order valence-electron chi connectivity index (χ4n) is 4.33. The molecule has 2 aromatic rings. The highest BCUT2D eigenvalue weighted by Crippen LogP contribution is 2.41. The average molecular weight is 360 g/mol. The molecule has 25 heavy (non-hydrogen) atoms. The second-order valence-corrected chi connectivity index (χ2v) is 8.24. The fraction of sp³-hybridized carbons (Fsp3) is 0.611. The molecule has 2 aliphatic rings. The number of hydrogen-bond donors (Lipinski definition) is 1. The number of β-amino-alcohol motifs (C(OH)–C–C–N with tert-alkyl or cyclic N) is 1. The van der Waals surface area contributed by atoms with Crippen LogP contribution in [0.15, 0.2) is 11.7 Å². The predicted octanol–water partition coefficient (Wildman–Crippen LogP) is 2.20. The molecule has 1 atom stereocenters. The van der Waals surface area contributed by atoms with Gasteiger partial charge in [-0.3, -0.25) is 4.79 Å². The molecule has 2 saturated heterocycles. The first-order valence-corrected chi connectivity index (χ1v) is 9.82. The van der Waals surface area contributed by atoms with Crippen LogP contribution in [0.2, 0.25) is 0 Å². The SMILES string of the molecule is Cc1csc2c(N3CCCC4(CCC(=O)N(CCO)C4)C3)ncnc12. The molecule has 0 radical (unpaired) electrons. The van der Waals surface area contributed by atoms with E-state index in [9.17, 15) is 9.90 Å². The number of anilines is 1. The van der Waals surface area contributed by atoms with Gasteiger partial charge in [0.15, 0.2) is 0 Å². The smallest absolute Gasteiger partial charge is 0.222 e. The summed E-state index contributed by atoms with van der Waals surface area (Å²) >= 11 is 1.71. The van der Waals surface area contributed by atoms with Crippen LogP contribution in [-0.2, 0) is 4.79 Å². The number of aliphatic hydroxyl groups excluding tert-OH is 1. The maximum absolute atomic E-state index is 12.1. The first-order valence-electron chi connectivity index (χ1n) is 8.94. The van der Waals surface area contributed by atoms with E-state index in [1.807, 2.05) is 4.90 Å². The lowest BCUT2D eigenvalue weighted by Gasteiger charge is -2.48. The van der Waals surface area contributed by atoms with E-state index in [4.69, 9.17) is 0 Å². The Labute approximate surface area is 151 Å². The van der Waals surface area contributed by atoms with E-state index in [0.717, 1.165) is 54.9 Å². The van der Waals surface area contributed by atoms with Crippen LogP contribution in [0.1, 0.15) is 31.2 Å². The van der Waals surface area contributed by atoms with Gasteiger partial charge in [-0.2, -0.15) is 0 Å². The third-order valence-electron chi connectivity index (χ3n) is 5.59. The number of amides is 1. The molecule has 0 aromatic carbocycles. The van der Waals surface area contributed by atoms with Gasteiger partial charge < -0.3 is 14.9 Å². The Kier molecular flexibility index (Phi) is 4.37. The van der Waals surface area contributed by atoms with E-state index in [1.54, 1.807) is 17.7 Å². The number of hydrogen-bond acceptors (Lipinski definition) is 6. The van der Waals surface area contributed by atoms with Crippen molar-refractivity contribution in [2.45, 2.75) is 32.6 Å². The van der Waals surface area contributed by atoms with Crippen LogP contribution in [0.25, 0.3) is 10.2 Å². The fourth-order valence-corrected chi connectivity index (χ4v) is 5.35. The molecule has 6 nitrogen and oxygen atoms in total. The van der Waals surface area contributed by atoms with Gasteiger partial charge in [-0.25, -0.2) is 9.97 Å². The summed E-state index contributed by atoms with van der Waals surface area (Å²) in [5.41, 5.74) is 2.37. The highest BCUT2D eigenvalue weighted by molar-refractivity contribution is 7.18. The van der Waals surface area contributed by atoms with Gasteiger partial charge in [0.2, 0.25) is 5.91 Å². The van der Waals surface area contributed by atoms with Crippen LogP contribution in [0.3, 0.4) is 0 Å². The summed E-state index contributed by atoms with van der Waals surface area (Å²) in [6, 6.07) is 0. The van der Waals surface area contributed by atoms with E-state index in [1.165, 1.54) is 5.56 Å². The predicted molar refractivity (Wildman–Crippen MR) is 98.9 cm³/mol. The van der Waals surface area contributed by atoms with Crippen molar-refractivity contribution in [2.75, 3.05) is 37.7 Å². The second kappa shape index (κ2) is 6.53. The molecule has 134 valence electrons. The number of nitrogens with zero attached hydrogens (tertiary/aromatic N) is 4. The Morgan fingerprint density at radius 1 is 1.32 bits per heavy atom. The van der Waals surface area contributed by atoms with Crippen molar-refractivity contribution >= 4 is 33.3 Å². The third kappa shape index (κ3) is 3.00. The van der Waals surface area contributed by atoms with Gasteiger partial charge >= 0.3 is 0 Å². The molecule has 1 N–H and O–H groups in total. The zero-order valence-electron chi connectivity index (χ0n) is 14.6. The van der Waals surface area contributed by atoms with E-state index in [0.29, 0.717) is 13.0 Å². The topological polar surface area (TPSA) is 69.6 Å². The largest absolute Gasteiger partial charge is 0.395 e. The summed E-state index contributed by atoms with van der Waals surface area (Å²) in [5.74, 6) is 1.21. The van der Waals surface area contributed by atoms with Crippen molar-refractivity contribution in [3.63, 3.8) is 0 Å². The first kappa shape index (κ1) is 16.7. The van der Waals surface area contributed by atoms with Crippen LogP contribution in [0, 0.1) is 12.3 Å². The van der Waals surface area contributed by atoms with Crippen LogP contribution < -0.4 is 4.90 Å². The van der Waals surface area contributed by atoms with Crippen molar-refractivity contribution in [3.8, 4) is 0 Å². The van der Waals surface area contributed by atoms with Gasteiger partial charge in [-0.05, 0) is 37.1 Å². The molecule has 2 fully saturated rings. The van der Waals surface area contributed by atoms with Gasteiger partial charge in [-0.1, -0.05) is 0 Å². The summed E-state index contributed by atoms with van der Waals surface area (Å²) in [5, 5.41) is 11.4. The molecule has 2 aliphatic heterocycles. The zero-order valence-corrected chi connectivity index (χ0v) is 15.4. The molecule has 7 heteroatoms. The molecule has 0 saturated carbocycles. The number of carbonyl (C=O) groups excluding carboxylic acids is 1. The number of thiophene rings is 1. The third-order valence-corrected chi connectivity index (χ3v) is 6.67. The van der Waals surface area contributed by atoms with Gasteiger partial charge in [0, 0.05) is 38.0 Å². The average Bonchev–Trinajstić information content (AvgIpc) is 3.00. The van der Waals surface area contributed by atoms with Crippen molar-refractivity contribution in [1.29, 1.82) is 0 Å². The molecule has 4 heterocycles. The Balaban J connectivity index is 1.61. The van der Waals surface area contributed by atoms with Crippen LogP contribution in [0.4, 0.5) is 5.82 Å². The van der Waals surface area contributed by atoms with Crippen molar-refractivity contribution in [2.24, 2.45) is 5.41 Å². The minimum atomic E-state index is 0.0343. The molecule has 1 amide bonds. The minimum Gasteiger partial charge on any atom is -0.395 e. The molecule has 1 unspecified atom stereocenters. The summed E-state index contributed by atoms with van der Waals surface area (Å²) < 4.78 is 1.16. The van der Waals surface area contributed by atoms with E-state index in [2.05, 4.69) is 27.2 Å². The van der Waals surface area contributed by atoms with E-state index < -0.39 is 0 Å². The second-order valence-electron chi connectivity index (χ2n) is 7.36. The molecular formula is C18H24N4O2S. The van der Waals surface area contributed by atoms with Gasteiger partial charge in [0.05, 0.1) is 16.8 Å². The molecule has 1 spiro atoms. The number of carbonyl (C=O) groups is 1. The maximum atomic E-state index is 12.1. The number of rotatable bonds is 3. The quantitative estimate of drug-likeness (QED) is 0.909. The normalized spacial score (nSPS) is 24.5. The maximum Gasteiger partial charge on any atom is 0.222 e. The lowest BCUT2D eigenvalue weighted by atomic mass is 9.73. The van der Waals surface area contributed by atoms with Crippen molar-refractivity contribution in [1.82, 2.24) is 14.9 Å². The van der Waals surface area contributed by atoms with Gasteiger partial charge in [-0.15, -0.1) is 11.3 Å². The lowest BCUT2D eigenvalue weighted by Crippen LogP contribution is -2.54. The monoisotopic (exact) mass is 360 g/mol. The standard InChI is InChI=1S/C18H24N4O2S/c1-13-9-25-16-15(13)19-12-20-17(16)22-6-2-4-18(11-22)5-3-14(24)21(10-18)7-8-23/h9,12,23H,2-8,10-11H2,1H3. The Morgan fingerprint density at radius 2 is 2.20 bits per heavy atom. The number of likely N-dealkylation sites (tertiary alicyclic amines) is 1. The number of aromatic nitrogens is 2. The Morgan fingerprint density at radius 3 is 3.04 bits per heavy atom. The van der Waals surface area contributed by atoms with Crippen molar-refractivity contribution < 1.29 is 9.90 Å².